The van der Waals surface area contributed by atoms with Crippen LogP contribution in [0.4, 0.5) is 5.13 Å². The summed E-state index contributed by atoms with van der Waals surface area (Å²) in [6.45, 7) is 0.825. The molecule has 21 heteroatoms. The van der Waals surface area contributed by atoms with Crippen molar-refractivity contribution in [3.63, 3.8) is 0 Å². The van der Waals surface area contributed by atoms with Crippen LogP contribution in [0.1, 0.15) is 50.8 Å². The van der Waals surface area contributed by atoms with Crippen LogP contribution in [-0.4, -0.2) is 111 Å². The zero-order valence-electron chi connectivity index (χ0n) is 24.6. The number of ether oxygens (including phenoxy) is 1. The first-order valence-corrected chi connectivity index (χ1v) is 17.4. The molecule has 3 aliphatic rings. The third kappa shape index (κ3) is 7.93. The number of fused-ring (bicyclic) bond motifs is 1. The molecule has 18 nitrogen and oxygen atoms in total. The fraction of sp³-hybridized carbons (Fsp3) is 0.600. The van der Waals surface area contributed by atoms with Crippen LogP contribution < -0.4 is 16.8 Å². The third-order valence-corrected chi connectivity index (χ3v) is 10.2. The van der Waals surface area contributed by atoms with Crippen molar-refractivity contribution in [2.75, 3.05) is 30.4 Å². The minimum atomic E-state index is -1.26. The highest BCUT2D eigenvalue weighted by atomic mass is 32.2. The highest BCUT2D eigenvalue weighted by Gasteiger charge is 2.54. The quantitative estimate of drug-likeness (QED) is 0.0476. The Kier molecular flexibility index (Phi) is 11.4. The van der Waals surface area contributed by atoms with E-state index in [4.69, 9.17) is 21.0 Å². The van der Waals surface area contributed by atoms with Crippen LogP contribution in [0.25, 0.3) is 0 Å². The number of aliphatic carboxylic acids is 1. The summed E-state index contributed by atoms with van der Waals surface area (Å²) in [6.07, 6.45) is 5.35. The molecule has 1 aliphatic carbocycles. The molecule has 2 atom stereocenters. The fourth-order valence-corrected chi connectivity index (χ4v) is 7.84. The highest BCUT2D eigenvalue weighted by Crippen LogP contribution is 2.41. The second-order valence-corrected chi connectivity index (χ2v) is 13.3. The molecule has 2 aliphatic heterocycles. The van der Waals surface area contributed by atoms with E-state index in [1.807, 2.05) is 0 Å². The largest absolute Gasteiger partial charge is 0.477 e. The maximum absolute atomic E-state index is 13.3. The summed E-state index contributed by atoms with van der Waals surface area (Å²) in [4.78, 5) is 61.5. The number of esters is 1. The summed E-state index contributed by atoms with van der Waals surface area (Å²) in [6, 6.07) is -1.05. The van der Waals surface area contributed by atoms with Crippen LogP contribution in [0, 0.1) is 0 Å². The molecule has 6 N–H and O–H groups in total. The number of hydrogen-bond acceptors (Lipinski definition) is 17. The van der Waals surface area contributed by atoms with Crippen molar-refractivity contribution >= 4 is 69.7 Å². The normalized spacial score (nSPS) is 20.2. The van der Waals surface area contributed by atoms with E-state index >= 15 is 0 Å². The molecule has 1 saturated carbocycles. The monoisotopic (exact) mass is 695 g/mol. The number of aromatic nitrogens is 6. The van der Waals surface area contributed by atoms with E-state index in [1.165, 1.54) is 28.4 Å². The molecule has 46 heavy (non-hydrogen) atoms. The molecule has 0 aromatic carbocycles. The van der Waals surface area contributed by atoms with Gasteiger partial charge < -0.3 is 31.5 Å². The molecule has 248 valence electrons. The van der Waals surface area contributed by atoms with Crippen molar-refractivity contribution in [2.24, 2.45) is 10.9 Å². The summed E-state index contributed by atoms with van der Waals surface area (Å²) < 4.78 is 11.1. The van der Waals surface area contributed by atoms with Gasteiger partial charge in [0.25, 0.3) is 11.8 Å². The number of hydrogen-bond donors (Lipinski definition) is 4. The van der Waals surface area contributed by atoms with E-state index in [9.17, 15) is 24.3 Å². The predicted octanol–water partition coefficient (Wildman–Crippen LogP) is -0.0268. The molecule has 0 bridgehead atoms. The number of thioether (sulfide) groups is 2. The Morgan fingerprint density at radius 1 is 1.22 bits per heavy atom. The number of anilines is 1. The lowest BCUT2D eigenvalue weighted by Crippen LogP contribution is -2.71. The van der Waals surface area contributed by atoms with Crippen LogP contribution in [-0.2, 0) is 35.3 Å². The van der Waals surface area contributed by atoms with Crippen molar-refractivity contribution < 1.29 is 33.9 Å². The van der Waals surface area contributed by atoms with Gasteiger partial charge in [-0.15, -0.1) is 16.9 Å². The highest BCUT2D eigenvalue weighted by molar-refractivity contribution is 8.01. The van der Waals surface area contributed by atoms with Crippen molar-refractivity contribution in [3.05, 3.63) is 17.1 Å². The van der Waals surface area contributed by atoms with Gasteiger partial charge in [-0.05, 0) is 54.6 Å². The third-order valence-electron chi connectivity index (χ3n) is 7.26. The van der Waals surface area contributed by atoms with Gasteiger partial charge in [-0.1, -0.05) is 23.3 Å². The van der Waals surface area contributed by atoms with E-state index in [2.05, 4.69) is 35.4 Å². The Balaban J connectivity index is 1.21. The number of oxime groups is 1. The fourth-order valence-electron chi connectivity index (χ4n) is 5.02. The van der Waals surface area contributed by atoms with Crippen molar-refractivity contribution in [2.45, 2.75) is 74.2 Å². The van der Waals surface area contributed by atoms with Gasteiger partial charge in [0.1, 0.15) is 29.8 Å². The summed E-state index contributed by atoms with van der Waals surface area (Å²) in [5.74, 6) is -2.70. The molecule has 2 aromatic heterocycles. The van der Waals surface area contributed by atoms with E-state index in [0.717, 1.165) is 43.6 Å². The first-order chi connectivity index (χ1) is 22.3. The maximum atomic E-state index is 13.3. The lowest BCUT2D eigenvalue weighted by atomic mass is 9.98. The standard InChI is InChI=1S/C25H33N11O7S3/c26-8-4-9-35-25(30-33-34-35)45-12-13-11-44-22-17(21(39)36(22)18(13)23(40)41)28-20(38)16(19-29-24(27)46-32-19)31-42-10-7-15(37)43-14-5-2-1-3-6-14/h14,17,22H,1-12,26H2,(H,28,38)(H,40,41)(H2,27,29,32)/t17?,22-/m0/s1. The van der Waals surface area contributed by atoms with Crippen molar-refractivity contribution in [1.82, 2.24) is 39.8 Å². The van der Waals surface area contributed by atoms with Gasteiger partial charge >= 0.3 is 11.9 Å². The molecule has 2 aromatic rings. The van der Waals surface area contributed by atoms with Crippen LogP contribution >= 0.6 is 35.1 Å². The average molecular weight is 696 g/mol. The zero-order valence-corrected chi connectivity index (χ0v) is 27.0. The van der Waals surface area contributed by atoms with E-state index in [0.29, 0.717) is 36.0 Å². The van der Waals surface area contributed by atoms with Gasteiger partial charge in [0.05, 0.1) is 6.42 Å². The van der Waals surface area contributed by atoms with Gasteiger partial charge in [0.2, 0.25) is 16.7 Å². The van der Waals surface area contributed by atoms with Crippen LogP contribution in [0.2, 0.25) is 0 Å². The number of carboxylic acids is 1. The summed E-state index contributed by atoms with van der Waals surface area (Å²) in [5.41, 5.74) is 11.3. The Morgan fingerprint density at radius 3 is 2.74 bits per heavy atom. The number of nitrogen functional groups attached to an aromatic ring is 1. The van der Waals surface area contributed by atoms with Gasteiger partial charge in [-0.2, -0.15) is 9.36 Å². The first-order valence-electron chi connectivity index (χ1n) is 14.6. The van der Waals surface area contributed by atoms with Gasteiger partial charge in [0, 0.05) is 29.6 Å². The van der Waals surface area contributed by atoms with Gasteiger partial charge in [0.15, 0.2) is 5.13 Å². The Morgan fingerprint density at radius 2 is 2.02 bits per heavy atom. The molecule has 2 fully saturated rings. The smallest absolute Gasteiger partial charge is 0.352 e. The molecule has 1 unspecified atom stereocenters. The summed E-state index contributed by atoms with van der Waals surface area (Å²) in [5, 5.41) is 28.0. The minimum absolute atomic E-state index is 0.0790. The number of aryl methyl sites for hydroxylation is 1. The lowest BCUT2D eigenvalue weighted by molar-refractivity contribution is -0.151. The zero-order chi connectivity index (χ0) is 32.6. The maximum Gasteiger partial charge on any atom is 0.352 e. The molecule has 2 amide bonds. The van der Waals surface area contributed by atoms with E-state index in [-0.39, 0.29) is 47.2 Å². The van der Waals surface area contributed by atoms with E-state index in [1.54, 1.807) is 4.68 Å². The number of carboxylic acid groups (broad SMARTS) is 1. The molecule has 0 radical (unpaired) electrons. The number of tetrazole rings is 1. The van der Waals surface area contributed by atoms with Gasteiger partial charge in [-0.3, -0.25) is 19.3 Å². The van der Waals surface area contributed by atoms with Crippen LogP contribution in [0.3, 0.4) is 0 Å². The number of carbonyl (C=O) groups is 4. The Bertz CT molecular complexity index is 1510. The molecule has 4 heterocycles. The molecule has 1 saturated heterocycles. The summed E-state index contributed by atoms with van der Waals surface area (Å²) >= 11 is 3.41. The topological polar surface area (TPSA) is 256 Å². The number of nitrogens with one attached hydrogen (secondary N) is 1. The first kappa shape index (κ1) is 33.5. The Labute approximate surface area is 275 Å². The second-order valence-electron chi connectivity index (χ2n) is 10.5. The molecule has 0 spiro atoms. The predicted molar refractivity (Wildman–Crippen MR) is 166 cm³/mol. The lowest BCUT2D eigenvalue weighted by Gasteiger charge is -2.49. The number of rotatable bonds is 15. The molecular weight excluding hydrogens is 663 g/mol. The SMILES string of the molecule is NCCCn1nnnc1SCC1=C(C(=O)O)N2C(=O)C(NC(=O)C(=NOCCC(=O)OC3CCCCC3)c3nsc(N)n3)[C@@H]2SC1. The summed E-state index contributed by atoms with van der Waals surface area (Å²) in [7, 11) is 0. The number of β-lactam (4-membered cyclic amide) rings is 1. The molecule has 5 rings (SSSR count). The second kappa shape index (κ2) is 15.6. The molecular formula is C25H33N11O7S3. The van der Waals surface area contributed by atoms with Crippen LogP contribution in [0.5, 0.6) is 0 Å². The van der Waals surface area contributed by atoms with Crippen molar-refractivity contribution in [3.8, 4) is 0 Å². The number of amides is 2. The number of carbonyl (C=O) groups excluding carboxylic acids is 3. The minimum Gasteiger partial charge on any atom is -0.477 e. The van der Waals surface area contributed by atoms with Crippen molar-refractivity contribution in [1.29, 1.82) is 0 Å². The van der Waals surface area contributed by atoms with E-state index < -0.39 is 35.2 Å². The number of nitrogens with two attached hydrogens (primary N) is 2. The number of nitrogens with zero attached hydrogens (tertiary/aromatic N) is 8. The van der Waals surface area contributed by atoms with Gasteiger partial charge in [-0.25, -0.2) is 9.48 Å². The van der Waals surface area contributed by atoms with Crippen LogP contribution in [0.15, 0.2) is 21.6 Å². The Hall–Kier alpha value is -3.82. The average Bonchev–Trinajstić information content (AvgIpc) is 3.69.